The van der Waals surface area contributed by atoms with Gasteiger partial charge in [-0.1, -0.05) is 39.7 Å². The van der Waals surface area contributed by atoms with Crippen molar-refractivity contribution < 1.29 is 0 Å². The van der Waals surface area contributed by atoms with Crippen molar-refractivity contribution in [2.24, 2.45) is 0 Å². The summed E-state index contributed by atoms with van der Waals surface area (Å²) in [6.45, 7) is 9.60. The van der Waals surface area contributed by atoms with Crippen molar-refractivity contribution in [1.29, 1.82) is 0 Å². The Bertz CT molecular complexity index is 64.1. The first-order valence-corrected chi connectivity index (χ1v) is 3.63. The fourth-order valence-corrected chi connectivity index (χ4v) is 0.354. The predicted octanol–water partition coefficient (Wildman–Crippen LogP) is 3.54. The Morgan fingerprint density at radius 1 is 1.33 bits per heavy atom. The van der Waals surface area contributed by atoms with Gasteiger partial charge in [-0.05, 0) is 13.0 Å². The van der Waals surface area contributed by atoms with Crippen molar-refractivity contribution >= 4 is 0 Å². The second kappa shape index (κ2) is 15.6. The number of unbranched alkanes of at least 4 members (excludes halogenated alkanes) is 2. The average molecular weight is 126 g/mol. The van der Waals surface area contributed by atoms with Gasteiger partial charge in [0.05, 0.1) is 0 Å². The largest absolute Gasteiger partial charge is 0.133 e. The summed E-state index contributed by atoms with van der Waals surface area (Å²) < 4.78 is 0. The second-order valence-electron chi connectivity index (χ2n) is 1.85. The van der Waals surface area contributed by atoms with E-state index in [1.54, 1.807) is 6.08 Å². The zero-order chi connectivity index (χ0) is 7.54. The van der Waals surface area contributed by atoms with E-state index in [0.717, 1.165) is 0 Å². The van der Waals surface area contributed by atoms with Gasteiger partial charge in [0.25, 0.3) is 0 Å². The molecule has 0 aromatic heterocycles. The van der Waals surface area contributed by atoms with Gasteiger partial charge in [-0.25, -0.2) is 0 Å². The molecule has 0 aliphatic rings. The van der Waals surface area contributed by atoms with Crippen molar-refractivity contribution in [3.8, 4) is 0 Å². The first-order chi connectivity index (χ1) is 4.33. The van der Waals surface area contributed by atoms with E-state index in [2.05, 4.69) is 26.2 Å². The van der Waals surface area contributed by atoms with Crippen molar-refractivity contribution in [1.82, 2.24) is 0 Å². The minimum atomic E-state index is 1.34. The van der Waals surface area contributed by atoms with E-state index in [1.807, 2.05) is 6.92 Å². The van der Waals surface area contributed by atoms with Crippen LogP contribution in [0.15, 0.2) is 18.4 Å². The van der Waals surface area contributed by atoms with Crippen LogP contribution in [0.3, 0.4) is 0 Å². The molecule has 0 aromatic rings. The smallest absolute Gasteiger partial charge is 0.0393 e. The summed E-state index contributed by atoms with van der Waals surface area (Å²) in [5.41, 5.74) is 2.56. The van der Waals surface area contributed by atoms with Gasteiger partial charge >= 0.3 is 0 Å². The highest BCUT2D eigenvalue weighted by Crippen LogP contribution is 1.88. The maximum absolute atomic E-state index is 3.30. The van der Waals surface area contributed by atoms with Gasteiger partial charge in [-0.3, -0.25) is 0 Å². The average Bonchev–Trinajstić information content (AvgIpc) is 1.91. The Morgan fingerprint density at radius 2 is 1.67 bits per heavy atom. The van der Waals surface area contributed by atoms with Crippen molar-refractivity contribution in [2.75, 3.05) is 0 Å². The standard InChI is InChI=1S/C5H12.C4H6/c1-3-5-4-2;1-3-4-2/h3-5H2,1-2H3;4H,1H2,2H3. The predicted molar refractivity (Wildman–Crippen MR) is 44.6 cm³/mol. The summed E-state index contributed by atoms with van der Waals surface area (Å²) in [5, 5.41) is 0. The molecule has 0 rings (SSSR count). The molecule has 0 nitrogen and oxygen atoms in total. The van der Waals surface area contributed by atoms with Crippen LogP contribution in [-0.2, 0) is 0 Å². The maximum Gasteiger partial charge on any atom is -0.0393 e. The summed E-state index contributed by atoms with van der Waals surface area (Å²) in [4.78, 5) is 0. The zero-order valence-electron chi connectivity index (χ0n) is 6.91. The van der Waals surface area contributed by atoms with Crippen molar-refractivity contribution in [2.45, 2.75) is 40.0 Å². The topological polar surface area (TPSA) is 0 Å². The highest BCUT2D eigenvalue weighted by Gasteiger charge is 1.68. The van der Waals surface area contributed by atoms with Crippen LogP contribution >= 0.6 is 0 Å². The maximum atomic E-state index is 3.30. The van der Waals surface area contributed by atoms with Crippen molar-refractivity contribution in [3.63, 3.8) is 0 Å². The first-order valence-electron chi connectivity index (χ1n) is 3.63. The Kier molecular flexibility index (Phi) is 19.7. The zero-order valence-corrected chi connectivity index (χ0v) is 6.91. The third-order valence-electron chi connectivity index (χ3n) is 0.911. The highest BCUT2D eigenvalue weighted by molar-refractivity contribution is 4.67. The second-order valence-corrected chi connectivity index (χ2v) is 1.85. The molecule has 0 aliphatic heterocycles. The first kappa shape index (κ1) is 11.3. The van der Waals surface area contributed by atoms with Gasteiger partial charge in [-0.15, -0.1) is 5.73 Å². The minimum absolute atomic E-state index is 1.34. The van der Waals surface area contributed by atoms with Gasteiger partial charge in [0, 0.05) is 0 Å². The summed E-state index contributed by atoms with van der Waals surface area (Å²) in [5.74, 6) is 0. The number of hydrogen-bond donors (Lipinski definition) is 0. The molecule has 0 aromatic carbocycles. The van der Waals surface area contributed by atoms with E-state index in [1.165, 1.54) is 19.3 Å². The Hall–Kier alpha value is -0.480. The molecule has 0 saturated heterocycles. The van der Waals surface area contributed by atoms with Crippen LogP contribution in [0.2, 0.25) is 0 Å². The van der Waals surface area contributed by atoms with Crippen LogP contribution < -0.4 is 0 Å². The van der Waals surface area contributed by atoms with Crippen LogP contribution in [0.5, 0.6) is 0 Å². The normalized spacial score (nSPS) is 6.56. The summed E-state index contributed by atoms with van der Waals surface area (Å²) >= 11 is 0. The van der Waals surface area contributed by atoms with E-state index in [-0.39, 0.29) is 0 Å². The monoisotopic (exact) mass is 126 g/mol. The lowest BCUT2D eigenvalue weighted by Crippen LogP contribution is -1.59. The van der Waals surface area contributed by atoms with Gasteiger partial charge in [0.2, 0.25) is 0 Å². The van der Waals surface area contributed by atoms with Crippen LogP contribution in [0.25, 0.3) is 0 Å². The van der Waals surface area contributed by atoms with Crippen LogP contribution in [0, 0.1) is 0 Å². The quantitative estimate of drug-likeness (QED) is 0.496. The molecule has 0 N–H and O–H groups in total. The van der Waals surface area contributed by atoms with E-state index in [9.17, 15) is 0 Å². The SMILES string of the molecule is C=C=CC.CCCCC. The van der Waals surface area contributed by atoms with Gasteiger partial charge in [0.1, 0.15) is 0 Å². The Balaban J connectivity index is 0. The van der Waals surface area contributed by atoms with Crippen molar-refractivity contribution in [3.05, 3.63) is 18.4 Å². The third kappa shape index (κ3) is 36.1. The molecule has 0 atom stereocenters. The number of allylic oxidation sites excluding steroid dienone is 1. The molecular weight excluding hydrogens is 108 g/mol. The van der Waals surface area contributed by atoms with Crippen LogP contribution in [0.1, 0.15) is 40.0 Å². The summed E-state index contributed by atoms with van der Waals surface area (Å²) in [6, 6.07) is 0. The number of hydrogen-bond acceptors (Lipinski definition) is 0. The molecule has 0 saturated carbocycles. The molecule has 0 radical (unpaired) electrons. The molecule has 0 aliphatic carbocycles. The molecule has 0 amide bonds. The lowest BCUT2D eigenvalue weighted by atomic mass is 10.3. The minimum Gasteiger partial charge on any atom is -0.133 e. The fourth-order valence-electron chi connectivity index (χ4n) is 0.354. The summed E-state index contributed by atoms with van der Waals surface area (Å²) in [6.07, 6.45) is 5.84. The van der Waals surface area contributed by atoms with Crippen LogP contribution in [-0.4, -0.2) is 0 Å². The molecular formula is C9H18. The molecule has 0 heteroatoms. The molecule has 0 unspecified atom stereocenters. The fraction of sp³-hybridized carbons (Fsp3) is 0.667. The Morgan fingerprint density at radius 3 is 1.67 bits per heavy atom. The Labute approximate surface area is 59.3 Å². The molecule has 54 valence electrons. The third-order valence-corrected chi connectivity index (χ3v) is 0.911. The van der Waals surface area contributed by atoms with E-state index in [0.29, 0.717) is 0 Å². The highest BCUT2D eigenvalue weighted by atomic mass is 13.7. The number of rotatable bonds is 2. The van der Waals surface area contributed by atoms with E-state index in [4.69, 9.17) is 0 Å². The molecule has 0 spiro atoms. The van der Waals surface area contributed by atoms with Gasteiger partial charge in [-0.2, -0.15) is 0 Å². The lowest BCUT2D eigenvalue weighted by molar-refractivity contribution is 0.772. The molecule has 0 heterocycles. The molecule has 0 fully saturated rings. The van der Waals surface area contributed by atoms with Gasteiger partial charge < -0.3 is 0 Å². The van der Waals surface area contributed by atoms with Crippen LogP contribution in [0.4, 0.5) is 0 Å². The van der Waals surface area contributed by atoms with E-state index < -0.39 is 0 Å². The lowest BCUT2D eigenvalue weighted by Gasteiger charge is -1.79. The molecule has 0 bridgehead atoms. The van der Waals surface area contributed by atoms with Gasteiger partial charge in [0.15, 0.2) is 0 Å². The van der Waals surface area contributed by atoms with E-state index >= 15 is 0 Å². The molecule has 9 heavy (non-hydrogen) atoms. The summed E-state index contributed by atoms with van der Waals surface area (Å²) in [7, 11) is 0.